The number of rotatable bonds is 5. The lowest BCUT2D eigenvalue weighted by Crippen LogP contribution is -2.26. The molecule has 2 heterocycles. The van der Waals surface area contributed by atoms with Crippen LogP contribution in [0.3, 0.4) is 0 Å². The van der Waals surface area contributed by atoms with E-state index in [1.165, 1.54) is 0 Å². The third-order valence-electron chi connectivity index (χ3n) is 5.02. The van der Waals surface area contributed by atoms with Gasteiger partial charge in [-0.3, -0.25) is 9.59 Å². The maximum Gasteiger partial charge on any atom is 0.251 e. The minimum Gasteiger partial charge on any atom is -0.345 e. The molecule has 1 aliphatic heterocycles. The predicted octanol–water partition coefficient (Wildman–Crippen LogP) is 2.63. The molecule has 2 amide bonds. The van der Waals surface area contributed by atoms with Crippen molar-refractivity contribution in [1.29, 1.82) is 0 Å². The van der Waals surface area contributed by atoms with Gasteiger partial charge < -0.3 is 14.8 Å². The number of carbonyl (C=O) groups excluding carboxylic acids is 2. The van der Waals surface area contributed by atoms with Crippen LogP contribution in [0.4, 0.5) is 0 Å². The zero-order chi connectivity index (χ0) is 18.8. The van der Waals surface area contributed by atoms with Gasteiger partial charge in [0.05, 0.1) is 17.6 Å². The second kappa shape index (κ2) is 7.23. The van der Waals surface area contributed by atoms with Crippen molar-refractivity contribution in [3.8, 4) is 0 Å². The molecule has 0 unspecified atom stereocenters. The summed E-state index contributed by atoms with van der Waals surface area (Å²) in [5.41, 5.74) is 3.53. The van der Waals surface area contributed by atoms with Gasteiger partial charge in [-0.15, -0.1) is 0 Å². The first-order valence-corrected chi connectivity index (χ1v) is 9.17. The van der Waals surface area contributed by atoms with E-state index in [9.17, 15) is 9.59 Å². The van der Waals surface area contributed by atoms with Crippen molar-refractivity contribution >= 4 is 22.8 Å². The van der Waals surface area contributed by atoms with Crippen LogP contribution in [0, 0.1) is 0 Å². The van der Waals surface area contributed by atoms with Crippen molar-refractivity contribution in [3.63, 3.8) is 0 Å². The minimum absolute atomic E-state index is 0.142. The molecule has 6 nitrogen and oxygen atoms in total. The molecular weight excluding hydrogens is 340 g/mol. The number of amides is 2. The highest BCUT2D eigenvalue weighted by Crippen LogP contribution is 2.16. The summed E-state index contributed by atoms with van der Waals surface area (Å²) in [5.74, 6) is 0.853. The summed E-state index contributed by atoms with van der Waals surface area (Å²) in [5, 5.41) is 2.94. The maximum absolute atomic E-state index is 12.6. The van der Waals surface area contributed by atoms with Crippen LogP contribution in [0.2, 0.25) is 0 Å². The Morgan fingerprint density at radius 1 is 1.19 bits per heavy atom. The van der Waals surface area contributed by atoms with Gasteiger partial charge in [0.25, 0.3) is 5.91 Å². The number of likely N-dealkylation sites (tertiary alicyclic amines) is 1. The third-order valence-corrected chi connectivity index (χ3v) is 5.02. The number of para-hydroxylation sites is 2. The quantitative estimate of drug-likeness (QED) is 0.759. The van der Waals surface area contributed by atoms with Gasteiger partial charge in [0.2, 0.25) is 5.91 Å². The number of benzene rings is 2. The number of imidazole rings is 1. The normalized spacial score (nSPS) is 14.1. The van der Waals surface area contributed by atoms with Crippen LogP contribution in [0.5, 0.6) is 0 Å². The Morgan fingerprint density at radius 3 is 2.81 bits per heavy atom. The summed E-state index contributed by atoms with van der Waals surface area (Å²) in [6.07, 6.45) is 1.54. The molecule has 2 aromatic carbocycles. The molecule has 3 aromatic rings. The number of hydrogen-bond acceptors (Lipinski definition) is 3. The number of aryl methyl sites for hydroxylation is 1. The van der Waals surface area contributed by atoms with E-state index in [1.807, 2.05) is 59.0 Å². The van der Waals surface area contributed by atoms with Crippen LogP contribution in [0.25, 0.3) is 11.0 Å². The molecule has 0 bridgehead atoms. The van der Waals surface area contributed by atoms with Crippen molar-refractivity contribution in [2.75, 3.05) is 6.54 Å². The van der Waals surface area contributed by atoms with E-state index in [0.29, 0.717) is 25.1 Å². The summed E-state index contributed by atoms with van der Waals surface area (Å²) >= 11 is 0. The summed E-state index contributed by atoms with van der Waals surface area (Å²) in [4.78, 5) is 30.8. The van der Waals surface area contributed by atoms with E-state index in [0.717, 1.165) is 35.4 Å². The Balaban J connectivity index is 1.44. The number of fused-ring (bicyclic) bond motifs is 1. The van der Waals surface area contributed by atoms with Gasteiger partial charge in [-0.1, -0.05) is 24.3 Å². The first-order valence-electron chi connectivity index (χ1n) is 9.17. The largest absolute Gasteiger partial charge is 0.345 e. The molecule has 1 aliphatic rings. The fraction of sp³-hybridized carbons (Fsp3) is 0.286. The molecule has 0 atom stereocenters. The fourth-order valence-electron chi connectivity index (χ4n) is 3.52. The highest BCUT2D eigenvalue weighted by Gasteiger charge is 2.20. The van der Waals surface area contributed by atoms with Crippen LogP contribution < -0.4 is 5.32 Å². The van der Waals surface area contributed by atoms with E-state index in [1.54, 1.807) is 6.07 Å². The molecule has 0 aliphatic carbocycles. The minimum atomic E-state index is -0.142. The Kier molecular flexibility index (Phi) is 4.62. The van der Waals surface area contributed by atoms with Crippen molar-refractivity contribution < 1.29 is 9.59 Å². The van der Waals surface area contributed by atoms with Crippen LogP contribution in [-0.2, 0) is 24.9 Å². The van der Waals surface area contributed by atoms with Gasteiger partial charge in [0.15, 0.2) is 0 Å². The molecule has 4 rings (SSSR count). The van der Waals surface area contributed by atoms with E-state index in [-0.39, 0.29) is 11.8 Å². The van der Waals surface area contributed by atoms with Gasteiger partial charge in [0.1, 0.15) is 5.82 Å². The standard InChI is InChI=1S/C21H22N4O2/c1-24-18-9-3-2-8-17(18)23-19(24)13-22-21(27)16-7-4-6-15(12-16)14-25-11-5-10-20(25)26/h2-4,6-9,12H,5,10-11,13-14H2,1H3,(H,22,27). The molecule has 1 fully saturated rings. The van der Waals surface area contributed by atoms with E-state index >= 15 is 0 Å². The van der Waals surface area contributed by atoms with Gasteiger partial charge in [-0.2, -0.15) is 0 Å². The lowest BCUT2D eigenvalue weighted by atomic mass is 10.1. The second-order valence-electron chi connectivity index (χ2n) is 6.88. The zero-order valence-corrected chi connectivity index (χ0v) is 15.3. The topological polar surface area (TPSA) is 67.2 Å². The average Bonchev–Trinajstić information content (AvgIpc) is 3.23. The molecule has 27 heavy (non-hydrogen) atoms. The van der Waals surface area contributed by atoms with Crippen molar-refractivity contribution in [2.24, 2.45) is 7.05 Å². The van der Waals surface area contributed by atoms with Crippen molar-refractivity contribution in [2.45, 2.75) is 25.9 Å². The highest BCUT2D eigenvalue weighted by atomic mass is 16.2. The lowest BCUT2D eigenvalue weighted by Gasteiger charge is -2.16. The smallest absolute Gasteiger partial charge is 0.251 e. The third kappa shape index (κ3) is 3.56. The summed E-state index contributed by atoms with van der Waals surface area (Å²) in [6, 6.07) is 15.4. The fourth-order valence-corrected chi connectivity index (χ4v) is 3.52. The van der Waals surface area contributed by atoms with Gasteiger partial charge >= 0.3 is 0 Å². The van der Waals surface area contributed by atoms with Gasteiger partial charge in [-0.25, -0.2) is 4.98 Å². The predicted molar refractivity (Wildman–Crippen MR) is 103 cm³/mol. The summed E-state index contributed by atoms with van der Waals surface area (Å²) in [6.45, 7) is 1.71. The van der Waals surface area contributed by atoms with Crippen molar-refractivity contribution in [3.05, 3.63) is 65.5 Å². The van der Waals surface area contributed by atoms with Gasteiger partial charge in [-0.05, 0) is 36.2 Å². The Bertz CT molecular complexity index is 1010. The molecule has 0 spiro atoms. The molecule has 1 N–H and O–H groups in total. The monoisotopic (exact) mass is 362 g/mol. The first kappa shape index (κ1) is 17.3. The number of nitrogens with one attached hydrogen (secondary N) is 1. The Hall–Kier alpha value is -3.15. The van der Waals surface area contributed by atoms with Crippen LogP contribution >= 0.6 is 0 Å². The van der Waals surface area contributed by atoms with Crippen molar-refractivity contribution in [1.82, 2.24) is 19.8 Å². The number of hydrogen-bond donors (Lipinski definition) is 1. The molecular formula is C21H22N4O2. The lowest BCUT2D eigenvalue weighted by molar-refractivity contribution is -0.128. The maximum atomic E-state index is 12.6. The van der Waals surface area contributed by atoms with E-state index in [2.05, 4.69) is 10.3 Å². The Morgan fingerprint density at radius 2 is 2.04 bits per heavy atom. The average molecular weight is 362 g/mol. The highest BCUT2D eigenvalue weighted by molar-refractivity contribution is 5.94. The molecule has 1 saturated heterocycles. The van der Waals surface area contributed by atoms with E-state index < -0.39 is 0 Å². The summed E-state index contributed by atoms with van der Waals surface area (Å²) < 4.78 is 1.99. The number of nitrogens with zero attached hydrogens (tertiary/aromatic N) is 3. The van der Waals surface area contributed by atoms with Gasteiger partial charge in [0, 0.05) is 32.1 Å². The molecule has 1 aromatic heterocycles. The van der Waals surface area contributed by atoms with E-state index in [4.69, 9.17) is 0 Å². The first-order chi connectivity index (χ1) is 13.1. The number of aromatic nitrogens is 2. The molecule has 138 valence electrons. The Labute approximate surface area is 157 Å². The van der Waals surface area contributed by atoms with Crippen LogP contribution in [0.1, 0.15) is 34.6 Å². The second-order valence-corrected chi connectivity index (χ2v) is 6.88. The number of carbonyl (C=O) groups is 2. The molecule has 0 saturated carbocycles. The molecule has 6 heteroatoms. The van der Waals surface area contributed by atoms with Crippen LogP contribution in [0.15, 0.2) is 48.5 Å². The SMILES string of the molecule is Cn1c(CNC(=O)c2cccc(CN3CCCC3=O)c2)nc2ccccc21. The molecule has 0 radical (unpaired) electrons. The zero-order valence-electron chi connectivity index (χ0n) is 15.3. The summed E-state index contributed by atoms with van der Waals surface area (Å²) in [7, 11) is 1.95. The van der Waals surface area contributed by atoms with Crippen LogP contribution in [-0.4, -0.2) is 32.8 Å².